The molecule has 1 amide bonds. The van der Waals surface area contributed by atoms with E-state index in [9.17, 15) is 9.59 Å². The Morgan fingerprint density at radius 1 is 1.09 bits per heavy atom. The number of rotatable bonds is 3. The van der Waals surface area contributed by atoms with Crippen molar-refractivity contribution in [1.29, 1.82) is 0 Å². The Labute approximate surface area is 135 Å². The van der Waals surface area contributed by atoms with Crippen LogP contribution in [0.4, 0.5) is 5.00 Å². The molecule has 0 atom stereocenters. The maximum absolute atomic E-state index is 12.5. The molecule has 1 aromatic heterocycles. The number of carbonyl (C=O) groups is 2. The van der Waals surface area contributed by atoms with Crippen LogP contribution in [0.1, 0.15) is 65.7 Å². The smallest absolute Gasteiger partial charge is 0.341 e. The number of aryl methyl sites for hydroxylation is 1. The summed E-state index contributed by atoms with van der Waals surface area (Å²) >= 11 is 1.57. The Bertz CT molecular complexity index is 573. The number of esters is 1. The first kappa shape index (κ1) is 15.5. The van der Waals surface area contributed by atoms with Crippen LogP contribution in [0.5, 0.6) is 0 Å². The van der Waals surface area contributed by atoms with Gasteiger partial charge in [0.05, 0.1) is 12.7 Å². The lowest BCUT2D eigenvalue weighted by Crippen LogP contribution is -2.25. The molecule has 1 N–H and O–H groups in total. The van der Waals surface area contributed by atoms with Crippen LogP contribution >= 0.6 is 11.3 Å². The molecule has 0 aromatic carbocycles. The molecular formula is C17H23NO3S. The molecule has 22 heavy (non-hydrogen) atoms. The normalized spacial score (nSPS) is 18.6. The fraction of sp³-hybridized carbons (Fsp3) is 0.647. The van der Waals surface area contributed by atoms with Gasteiger partial charge in [0.25, 0.3) is 0 Å². The Balaban J connectivity index is 1.84. The summed E-state index contributed by atoms with van der Waals surface area (Å²) in [5, 5.41) is 3.73. The number of nitrogens with one attached hydrogen (secondary N) is 1. The van der Waals surface area contributed by atoms with Gasteiger partial charge in [0.1, 0.15) is 5.00 Å². The third-order valence-electron chi connectivity index (χ3n) is 4.77. The lowest BCUT2D eigenvalue weighted by Gasteiger charge is -2.20. The molecule has 0 radical (unpaired) electrons. The molecule has 4 nitrogen and oxygen atoms in total. The highest BCUT2D eigenvalue weighted by Crippen LogP contribution is 2.39. The number of hydrogen-bond donors (Lipinski definition) is 1. The third kappa shape index (κ3) is 3.05. The average Bonchev–Trinajstić information content (AvgIpc) is 2.92. The number of anilines is 1. The Kier molecular flexibility index (Phi) is 4.81. The fourth-order valence-corrected chi connectivity index (χ4v) is 4.83. The average molecular weight is 321 g/mol. The van der Waals surface area contributed by atoms with Crippen molar-refractivity contribution in [3.05, 3.63) is 16.0 Å². The second kappa shape index (κ2) is 6.82. The van der Waals surface area contributed by atoms with Gasteiger partial charge >= 0.3 is 5.97 Å². The Hall–Kier alpha value is -1.36. The van der Waals surface area contributed by atoms with Crippen LogP contribution in [0.25, 0.3) is 0 Å². The molecule has 0 bridgehead atoms. The Morgan fingerprint density at radius 2 is 1.82 bits per heavy atom. The molecule has 1 fully saturated rings. The van der Waals surface area contributed by atoms with Crippen LogP contribution < -0.4 is 5.32 Å². The van der Waals surface area contributed by atoms with E-state index in [1.165, 1.54) is 18.4 Å². The van der Waals surface area contributed by atoms with E-state index in [1.54, 1.807) is 11.3 Å². The summed E-state index contributed by atoms with van der Waals surface area (Å²) < 4.78 is 4.94. The van der Waals surface area contributed by atoms with E-state index in [0.29, 0.717) is 10.6 Å². The first-order chi connectivity index (χ1) is 10.7. The van der Waals surface area contributed by atoms with E-state index < -0.39 is 0 Å². The minimum atomic E-state index is -0.321. The van der Waals surface area contributed by atoms with Crippen molar-refractivity contribution in [3.8, 4) is 0 Å². The zero-order valence-corrected chi connectivity index (χ0v) is 13.9. The molecule has 1 saturated carbocycles. The van der Waals surface area contributed by atoms with Crippen molar-refractivity contribution in [2.45, 2.75) is 57.8 Å². The van der Waals surface area contributed by atoms with Crippen molar-refractivity contribution in [1.82, 2.24) is 0 Å². The molecule has 1 heterocycles. The summed E-state index contributed by atoms with van der Waals surface area (Å²) in [6, 6.07) is 0. The Morgan fingerprint density at radius 3 is 2.55 bits per heavy atom. The lowest BCUT2D eigenvalue weighted by molar-refractivity contribution is -0.120. The quantitative estimate of drug-likeness (QED) is 0.858. The van der Waals surface area contributed by atoms with Crippen LogP contribution in [-0.4, -0.2) is 19.0 Å². The molecule has 0 saturated heterocycles. The molecule has 0 spiro atoms. The second-order valence-corrected chi connectivity index (χ2v) is 7.34. The van der Waals surface area contributed by atoms with E-state index >= 15 is 0 Å². The number of amides is 1. The number of methoxy groups -OCH3 is 1. The van der Waals surface area contributed by atoms with Crippen molar-refractivity contribution in [2.75, 3.05) is 12.4 Å². The van der Waals surface area contributed by atoms with Crippen LogP contribution in [0.2, 0.25) is 0 Å². The summed E-state index contributed by atoms with van der Waals surface area (Å²) in [4.78, 5) is 25.9. The van der Waals surface area contributed by atoms with Gasteiger partial charge in [0, 0.05) is 10.8 Å². The van der Waals surface area contributed by atoms with Crippen molar-refractivity contribution >= 4 is 28.2 Å². The highest BCUT2D eigenvalue weighted by atomic mass is 32.1. The fourth-order valence-electron chi connectivity index (χ4n) is 3.55. The number of fused-ring (bicyclic) bond motifs is 1. The number of thiophene rings is 1. The molecule has 3 rings (SSSR count). The topological polar surface area (TPSA) is 55.4 Å². The van der Waals surface area contributed by atoms with Crippen LogP contribution in [-0.2, 0) is 22.4 Å². The minimum Gasteiger partial charge on any atom is -0.465 e. The van der Waals surface area contributed by atoms with E-state index in [4.69, 9.17) is 4.74 Å². The largest absolute Gasteiger partial charge is 0.465 e. The monoisotopic (exact) mass is 321 g/mol. The predicted molar refractivity (Wildman–Crippen MR) is 87.5 cm³/mol. The van der Waals surface area contributed by atoms with Crippen molar-refractivity contribution in [3.63, 3.8) is 0 Å². The molecule has 2 aliphatic carbocycles. The highest BCUT2D eigenvalue weighted by molar-refractivity contribution is 7.17. The van der Waals surface area contributed by atoms with Gasteiger partial charge in [-0.3, -0.25) is 4.79 Å². The first-order valence-corrected chi connectivity index (χ1v) is 9.06. The van der Waals surface area contributed by atoms with E-state index in [1.807, 2.05) is 0 Å². The van der Waals surface area contributed by atoms with Gasteiger partial charge < -0.3 is 10.1 Å². The molecular weight excluding hydrogens is 298 g/mol. The van der Waals surface area contributed by atoms with E-state index in [0.717, 1.165) is 56.9 Å². The number of hydrogen-bond acceptors (Lipinski definition) is 4. The summed E-state index contributed by atoms with van der Waals surface area (Å²) in [5.41, 5.74) is 1.70. The third-order valence-corrected chi connectivity index (χ3v) is 5.98. The predicted octanol–water partition coefficient (Wildman–Crippen LogP) is 3.93. The molecule has 0 aliphatic heterocycles. The first-order valence-electron chi connectivity index (χ1n) is 8.24. The molecule has 1 aromatic rings. The molecule has 120 valence electrons. The highest BCUT2D eigenvalue weighted by Gasteiger charge is 2.29. The van der Waals surface area contributed by atoms with Crippen LogP contribution in [0.3, 0.4) is 0 Å². The zero-order chi connectivity index (χ0) is 15.5. The van der Waals surface area contributed by atoms with Crippen LogP contribution in [0.15, 0.2) is 0 Å². The minimum absolute atomic E-state index is 0.0726. The number of carbonyl (C=O) groups excluding carboxylic acids is 2. The van der Waals surface area contributed by atoms with Crippen molar-refractivity contribution in [2.24, 2.45) is 5.92 Å². The van der Waals surface area contributed by atoms with E-state index in [2.05, 4.69) is 5.32 Å². The van der Waals surface area contributed by atoms with Gasteiger partial charge in [-0.15, -0.1) is 11.3 Å². The van der Waals surface area contributed by atoms with Crippen LogP contribution in [0, 0.1) is 5.92 Å². The number of ether oxygens (including phenoxy) is 1. The summed E-state index contributed by atoms with van der Waals surface area (Å²) in [6.07, 6.45) is 9.58. The second-order valence-electron chi connectivity index (χ2n) is 6.23. The summed E-state index contributed by atoms with van der Waals surface area (Å²) in [6.45, 7) is 0. The van der Waals surface area contributed by atoms with Gasteiger partial charge in [-0.05, 0) is 44.1 Å². The van der Waals surface area contributed by atoms with Gasteiger partial charge in [-0.1, -0.05) is 19.3 Å². The summed E-state index contributed by atoms with van der Waals surface area (Å²) in [5.74, 6) is -0.153. The lowest BCUT2D eigenvalue weighted by atomic mass is 9.88. The molecule has 0 unspecified atom stereocenters. The van der Waals surface area contributed by atoms with Gasteiger partial charge in [-0.25, -0.2) is 4.79 Å². The maximum atomic E-state index is 12.5. The molecule has 2 aliphatic rings. The zero-order valence-electron chi connectivity index (χ0n) is 13.1. The molecule has 5 heteroatoms. The van der Waals surface area contributed by atoms with Gasteiger partial charge in [-0.2, -0.15) is 0 Å². The van der Waals surface area contributed by atoms with E-state index in [-0.39, 0.29) is 17.8 Å². The van der Waals surface area contributed by atoms with Gasteiger partial charge in [0.2, 0.25) is 5.91 Å². The SMILES string of the molecule is COC(=O)c1c(NC(=O)C2CCCCC2)sc2c1CCCC2. The van der Waals surface area contributed by atoms with Crippen molar-refractivity contribution < 1.29 is 14.3 Å². The van der Waals surface area contributed by atoms with Gasteiger partial charge in [0.15, 0.2) is 0 Å². The maximum Gasteiger partial charge on any atom is 0.341 e. The standard InChI is InChI=1S/C17H23NO3S/c1-21-17(20)14-12-9-5-6-10-13(12)22-16(14)18-15(19)11-7-3-2-4-8-11/h11H,2-10H2,1H3,(H,18,19). The summed E-state index contributed by atoms with van der Waals surface area (Å²) in [7, 11) is 1.40.